The minimum absolute atomic E-state index is 0.129. The van der Waals surface area contributed by atoms with Gasteiger partial charge in [-0.25, -0.2) is 4.39 Å². The predicted octanol–water partition coefficient (Wildman–Crippen LogP) is 2.35. The Balaban J connectivity index is 1.37. The normalized spacial score (nSPS) is 15.1. The van der Waals surface area contributed by atoms with Crippen molar-refractivity contribution in [1.29, 1.82) is 0 Å². The van der Waals surface area contributed by atoms with Crippen molar-refractivity contribution in [2.45, 2.75) is 39.7 Å². The fraction of sp³-hybridized carbons (Fsp3) is 0.429. The molecule has 31 heavy (non-hydrogen) atoms. The molecule has 3 heterocycles. The van der Waals surface area contributed by atoms with Crippen LogP contribution in [0.4, 0.5) is 4.39 Å². The molecule has 0 N–H and O–H groups in total. The Hall–Kier alpha value is -3.43. The first kappa shape index (κ1) is 20.8. The maximum Gasteiger partial charge on any atom is 0.246 e. The van der Waals surface area contributed by atoms with Crippen molar-refractivity contribution in [2.24, 2.45) is 5.92 Å². The van der Waals surface area contributed by atoms with Crippen LogP contribution in [-0.4, -0.2) is 54.3 Å². The van der Waals surface area contributed by atoms with Crippen molar-refractivity contribution in [2.75, 3.05) is 13.1 Å². The molecule has 1 saturated heterocycles. The van der Waals surface area contributed by atoms with Crippen LogP contribution < -0.4 is 0 Å². The van der Waals surface area contributed by atoms with Gasteiger partial charge in [-0.2, -0.15) is 4.80 Å². The van der Waals surface area contributed by atoms with Crippen molar-refractivity contribution in [3.63, 3.8) is 0 Å². The van der Waals surface area contributed by atoms with Gasteiger partial charge in [0.25, 0.3) is 0 Å². The maximum atomic E-state index is 14.4. The first-order chi connectivity index (χ1) is 15.0. The molecule has 0 unspecified atom stereocenters. The van der Waals surface area contributed by atoms with Crippen LogP contribution in [0, 0.1) is 25.6 Å². The lowest BCUT2D eigenvalue weighted by Crippen LogP contribution is -2.38. The SMILES string of the molecule is Cc1nnn(Cc2cccc(F)c2C=CC(=O)N2CCC(Cc3nnc(C)o3)CC2)n1. The van der Waals surface area contributed by atoms with Crippen molar-refractivity contribution in [1.82, 2.24) is 35.3 Å². The van der Waals surface area contributed by atoms with Crippen LogP contribution >= 0.6 is 0 Å². The van der Waals surface area contributed by atoms with Crippen molar-refractivity contribution >= 4 is 12.0 Å². The topological polar surface area (TPSA) is 103 Å². The number of carbonyl (C=O) groups is 1. The van der Waals surface area contributed by atoms with Gasteiger partial charge in [0.1, 0.15) is 5.82 Å². The molecule has 9 nitrogen and oxygen atoms in total. The predicted molar refractivity (Wildman–Crippen MR) is 109 cm³/mol. The van der Waals surface area contributed by atoms with Gasteiger partial charge in [0.05, 0.1) is 6.54 Å². The summed E-state index contributed by atoms with van der Waals surface area (Å²) in [5.41, 5.74) is 1.03. The molecule has 3 aromatic rings. The molecule has 0 spiro atoms. The second-order valence-electron chi connectivity index (χ2n) is 7.70. The van der Waals surface area contributed by atoms with E-state index in [-0.39, 0.29) is 12.5 Å². The number of amides is 1. The Morgan fingerprint density at radius 2 is 2.03 bits per heavy atom. The van der Waals surface area contributed by atoms with Gasteiger partial charge in [-0.3, -0.25) is 4.79 Å². The largest absolute Gasteiger partial charge is 0.426 e. The summed E-state index contributed by atoms with van der Waals surface area (Å²) < 4.78 is 19.9. The number of benzene rings is 1. The molecule has 2 aromatic heterocycles. The van der Waals surface area contributed by atoms with E-state index in [4.69, 9.17) is 4.42 Å². The number of hydrogen-bond donors (Lipinski definition) is 0. The molecule has 0 radical (unpaired) electrons. The Morgan fingerprint density at radius 1 is 1.23 bits per heavy atom. The Morgan fingerprint density at radius 3 is 2.71 bits per heavy atom. The summed E-state index contributed by atoms with van der Waals surface area (Å²) in [6.07, 6.45) is 5.42. The summed E-state index contributed by atoms with van der Waals surface area (Å²) in [6, 6.07) is 4.79. The van der Waals surface area contributed by atoms with Gasteiger partial charge in [-0.05, 0) is 48.6 Å². The maximum absolute atomic E-state index is 14.4. The van der Waals surface area contributed by atoms with Crippen molar-refractivity contribution in [3.8, 4) is 0 Å². The molecular weight excluding hydrogens is 401 g/mol. The molecule has 1 aromatic carbocycles. The monoisotopic (exact) mass is 425 g/mol. The van der Waals surface area contributed by atoms with E-state index in [0.717, 1.165) is 19.3 Å². The van der Waals surface area contributed by atoms with Gasteiger partial charge < -0.3 is 9.32 Å². The molecule has 0 bridgehead atoms. The molecular formula is C21H24FN7O2. The van der Waals surface area contributed by atoms with Gasteiger partial charge in [-0.1, -0.05) is 12.1 Å². The van der Waals surface area contributed by atoms with E-state index < -0.39 is 5.82 Å². The zero-order valence-corrected chi connectivity index (χ0v) is 17.5. The van der Waals surface area contributed by atoms with Crippen LogP contribution in [0.1, 0.15) is 41.6 Å². The molecule has 4 rings (SSSR count). The number of aryl methyl sites for hydroxylation is 2. The summed E-state index contributed by atoms with van der Waals surface area (Å²) in [5, 5.41) is 19.8. The summed E-state index contributed by atoms with van der Waals surface area (Å²) in [6.45, 7) is 5.07. The van der Waals surface area contributed by atoms with Crippen molar-refractivity contribution in [3.05, 3.63) is 58.8 Å². The van der Waals surface area contributed by atoms with Gasteiger partial charge in [-0.15, -0.1) is 20.4 Å². The third-order valence-electron chi connectivity index (χ3n) is 5.36. The molecule has 10 heteroatoms. The van der Waals surface area contributed by atoms with Crippen LogP contribution in [-0.2, 0) is 17.8 Å². The summed E-state index contributed by atoms with van der Waals surface area (Å²) >= 11 is 0. The third-order valence-corrected chi connectivity index (χ3v) is 5.36. The molecule has 1 aliphatic heterocycles. The Kier molecular flexibility index (Phi) is 6.15. The smallest absolute Gasteiger partial charge is 0.246 e. The third kappa shape index (κ3) is 5.19. The molecule has 1 aliphatic rings. The van der Waals surface area contributed by atoms with E-state index in [1.54, 1.807) is 30.9 Å². The minimum Gasteiger partial charge on any atom is -0.426 e. The van der Waals surface area contributed by atoms with Crippen molar-refractivity contribution < 1.29 is 13.6 Å². The molecule has 0 atom stereocenters. The first-order valence-corrected chi connectivity index (χ1v) is 10.3. The summed E-state index contributed by atoms with van der Waals surface area (Å²) in [4.78, 5) is 15.8. The van der Waals surface area contributed by atoms with E-state index in [9.17, 15) is 9.18 Å². The summed E-state index contributed by atoms with van der Waals surface area (Å²) in [5.74, 6) is 1.63. The van der Waals surface area contributed by atoms with Crippen LogP contribution in [0.15, 0.2) is 28.7 Å². The fourth-order valence-electron chi connectivity index (χ4n) is 3.73. The van der Waals surface area contributed by atoms with E-state index >= 15 is 0 Å². The average molecular weight is 425 g/mol. The highest BCUT2D eigenvalue weighted by molar-refractivity contribution is 5.92. The molecule has 1 fully saturated rings. The quantitative estimate of drug-likeness (QED) is 0.559. The second kappa shape index (κ2) is 9.15. The highest BCUT2D eigenvalue weighted by Gasteiger charge is 2.23. The molecule has 0 aliphatic carbocycles. The van der Waals surface area contributed by atoms with Crippen LogP contribution in [0.25, 0.3) is 6.08 Å². The zero-order valence-electron chi connectivity index (χ0n) is 17.5. The van der Waals surface area contributed by atoms with E-state index in [1.807, 2.05) is 0 Å². The highest BCUT2D eigenvalue weighted by Crippen LogP contribution is 2.22. The number of nitrogens with zero attached hydrogens (tertiary/aromatic N) is 7. The van der Waals surface area contributed by atoms with Crippen LogP contribution in [0.3, 0.4) is 0 Å². The Labute approximate surface area is 179 Å². The second-order valence-corrected chi connectivity index (χ2v) is 7.70. The average Bonchev–Trinajstić information content (AvgIpc) is 3.35. The standard InChI is InChI=1S/C21H24FN7O2/c1-14-23-27-29(26-14)13-17-4-3-5-19(22)18(17)6-7-21(30)28-10-8-16(9-11-28)12-20-25-24-15(2)31-20/h3-7,16H,8-13H2,1-2H3. The molecule has 162 valence electrons. The number of halogens is 1. The number of tetrazole rings is 1. The first-order valence-electron chi connectivity index (χ1n) is 10.3. The van der Waals surface area contributed by atoms with E-state index in [2.05, 4.69) is 25.6 Å². The fourth-order valence-corrected chi connectivity index (χ4v) is 3.73. The lowest BCUT2D eigenvalue weighted by atomic mass is 9.93. The molecule has 1 amide bonds. The Bertz CT molecular complexity index is 1080. The van der Waals surface area contributed by atoms with E-state index in [0.29, 0.717) is 47.7 Å². The van der Waals surface area contributed by atoms with Gasteiger partial charge in [0, 0.05) is 38.1 Å². The lowest BCUT2D eigenvalue weighted by Gasteiger charge is -2.30. The number of carbonyl (C=O) groups excluding carboxylic acids is 1. The lowest BCUT2D eigenvalue weighted by molar-refractivity contribution is -0.127. The summed E-state index contributed by atoms with van der Waals surface area (Å²) in [7, 11) is 0. The highest BCUT2D eigenvalue weighted by atomic mass is 19.1. The number of rotatable bonds is 6. The minimum atomic E-state index is -0.396. The van der Waals surface area contributed by atoms with Crippen LogP contribution in [0.5, 0.6) is 0 Å². The van der Waals surface area contributed by atoms with Gasteiger partial charge in [0.15, 0.2) is 5.82 Å². The van der Waals surface area contributed by atoms with E-state index in [1.165, 1.54) is 23.0 Å². The van der Waals surface area contributed by atoms with Crippen LogP contribution in [0.2, 0.25) is 0 Å². The van der Waals surface area contributed by atoms with Gasteiger partial charge >= 0.3 is 0 Å². The number of piperidine rings is 1. The zero-order chi connectivity index (χ0) is 21.8. The molecule has 0 saturated carbocycles. The van der Waals surface area contributed by atoms with Gasteiger partial charge in [0.2, 0.25) is 17.7 Å². The number of aromatic nitrogens is 6. The number of hydrogen-bond acceptors (Lipinski definition) is 7. The number of likely N-dealkylation sites (tertiary alicyclic amines) is 1.